The summed E-state index contributed by atoms with van der Waals surface area (Å²) in [6.07, 6.45) is 1.76. The highest BCUT2D eigenvalue weighted by Crippen LogP contribution is 2.19. The maximum absolute atomic E-state index is 11.9. The number of aromatic nitrogens is 1. The molecule has 2 rings (SSSR count). The van der Waals surface area contributed by atoms with Gasteiger partial charge >= 0.3 is 0 Å². The molecular weight excluding hydrogens is 292 g/mol. The van der Waals surface area contributed by atoms with Crippen LogP contribution in [0.5, 0.6) is 0 Å². The Kier molecular flexibility index (Phi) is 3.63. The van der Waals surface area contributed by atoms with Crippen LogP contribution in [0.4, 0.5) is 0 Å². The minimum Gasteiger partial charge on any atom is -0.311 e. The summed E-state index contributed by atoms with van der Waals surface area (Å²) in [6.45, 7) is 2.29. The van der Waals surface area contributed by atoms with Crippen molar-refractivity contribution in [2.75, 3.05) is 0 Å². The monoisotopic (exact) mass is 302 g/mol. The predicted octanol–water partition coefficient (Wildman–Crippen LogP) is 2.84. The Labute approximate surface area is 113 Å². The molecule has 3 nitrogen and oxygen atoms in total. The zero-order valence-corrected chi connectivity index (χ0v) is 11.4. The highest BCUT2D eigenvalue weighted by Gasteiger charge is 2.04. The van der Waals surface area contributed by atoms with Gasteiger partial charge in [-0.1, -0.05) is 28.1 Å². The van der Waals surface area contributed by atoms with E-state index in [1.165, 1.54) is 0 Å². The van der Waals surface area contributed by atoms with E-state index in [1.807, 2.05) is 12.1 Å². The lowest BCUT2D eigenvalue weighted by molar-refractivity contribution is 0.750. The molecule has 0 unspecified atom stereocenters. The highest BCUT2D eigenvalue weighted by molar-refractivity contribution is 9.10. The third-order valence-corrected chi connectivity index (χ3v) is 3.47. The van der Waals surface area contributed by atoms with E-state index in [1.54, 1.807) is 35.9 Å². The van der Waals surface area contributed by atoms with Gasteiger partial charge in [0.05, 0.1) is 18.2 Å². The van der Waals surface area contributed by atoms with Gasteiger partial charge in [-0.05, 0) is 30.7 Å². The van der Waals surface area contributed by atoms with Crippen LogP contribution >= 0.6 is 15.9 Å². The largest absolute Gasteiger partial charge is 0.311 e. The van der Waals surface area contributed by atoms with Gasteiger partial charge in [-0.15, -0.1) is 0 Å². The number of nitrogens with zero attached hydrogens (tertiary/aromatic N) is 2. The Morgan fingerprint density at radius 2 is 2.17 bits per heavy atom. The SMILES string of the molecule is Cc1cccn(Cc2ccc(C#N)cc2Br)c1=O. The molecule has 0 N–H and O–H groups in total. The third kappa shape index (κ3) is 2.52. The molecule has 1 aromatic heterocycles. The Morgan fingerprint density at radius 3 is 2.83 bits per heavy atom. The van der Waals surface area contributed by atoms with Crippen LogP contribution in [-0.4, -0.2) is 4.57 Å². The van der Waals surface area contributed by atoms with Gasteiger partial charge in [0, 0.05) is 16.2 Å². The maximum atomic E-state index is 11.9. The van der Waals surface area contributed by atoms with Crippen LogP contribution in [0.25, 0.3) is 0 Å². The molecule has 0 saturated carbocycles. The number of pyridine rings is 1. The minimum absolute atomic E-state index is 0.00811. The Morgan fingerprint density at radius 1 is 1.39 bits per heavy atom. The summed E-state index contributed by atoms with van der Waals surface area (Å²) in [7, 11) is 0. The lowest BCUT2D eigenvalue weighted by Gasteiger charge is -2.08. The number of hydrogen-bond donors (Lipinski definition) is 0. The van der Waals surface area contributed by atoms with Crippen LogP contribution in [0.2, 0.25) is 0 Å². The highest BCUT2D eigenvalue weighted by atomic mass is 79.9. The van der Waals surface area contributed by atoms with Crippen molar-refractivity contribution in [2.45, 2.75) is 13.5 Å². The molecular formula is C14H11BrN2O. The van der Waals surface area contributed by atoms with Gasteiger partial charge in [0.15, 0.2) is 0 Å². The number of halogens is 1. The molecule has 2 aromatic rings. The lowest BCUT2D eigenvalue weighted by atomic mass is 10.1. The van der Waals surface area contributed by atoms with E-state index in [2.05, 4.69) is 22.0 Å². The molecule has 0 spiro atoms. The Bertz CT molecular complexity index is 683. The van der Waals surface area contributed by atoms with Crippen LogP contribution in [0, 0.1) is 18.3 Å². The molecule has 0 bridgehead atoms. The molecule has 0 aliphatic rings. The second-order valence-corrected chi connectivity index (χ2v) is 4.90. The van der Waals surface area contributed by atoms with E-state index in [0.717, 1.165) is 15.6 Å². The van der Waals surface area contributed by atoms with Crippen molar-refractivity contribution in [1.29, 1.82) is 5.26 Å². The fourth-order valence-electron chi connectivity index (χ4n) is 1.71. The van der Waals surface area contributed by atoms with E-state index in [-0.39, 0.29) is 5.56 Å². The topological polar surface area (TPSA) is 45.8 Å². The summed E-state index contributed by atoms with van der Waals surface area (Å²) in [5.41, 5.74) is 2.31. The van der Waals surface area contributed by atoms with Gasteiger partial charge in [0.25, 0.3) is 5.56 Å². The van der Waals surface area contributed by atoms with Crippen LogP contribution in [0.1, 0.15) is 16.7 Å². The molecule has 4 heteroatoms. The molecule has 0 radical (unpaired) electrons. The molecule has 0 fully saturated rings. The first-order chi connectivity index (χ1) is 8.61. The smallest absolute Gasteiger partial charge is 0.253 e. The summed E-state index contributed by atoms with van der Waals surface area (Å²) in [6, 6.07) is 11.1. The number of hydrogen-bond acceptors (Lipinski definition) is 2. The fraction of sp³-hybridized carbons (Fsp3) is 0.143. The van der Waals surface area contributed by atoms with Crippen LogP contribution in [0.3, 0.4) is 0 Å². The Hall–Kier alpha value is -1.86. The van der Waals surface area contributed by atoms with Gasteiger partial charge in [-0.3, -0.25) is 4.79 Å². The van der Waals surface area contributed by atoms with Gasteiger partial charge in [0.2, 0.25) is 0 Å². The van der Waals surface area contributed by atoms with E-state index in [0.29, 0.717) is 12.1 Å². The van der Waals surface area contributed by atoms with Gasteiger partial charge in [-0.25, -0.2) is 0 Å². The lowest BCUT2D eigenvalue weighted by Crippen LogP contribution is -2.21. The number of rotatable bonds is 2. The number of benzene rings is 1. The first-order valence-electron chi connectivity index (χ1n) is 5.46. The maximum Gasteiger partial charge on any atom is 0.253 e. The van der Waals surface area contributed by atoms with E-state index >= 15 is 0 Å². The quantitative estimate of drug-likeness (QED) is 0.856. The molecule has 0 saturated heterocycles. The fourth-order valence-corrected chi connectivity index (χ4v) is 2.21. The van der Waals surface area contributed by atoms with Crippen LogP contribution in [0.15, 0.2) is 45.8 Å². The van der Waals surface area contributed by atoms with E-state index in [4.69, 9.17) is 5.26 Å². The molecule has 1 aromatic carbocycles. The second kappa shape index (κ2) is 5.19. The Balaban J connectivity index is 2.38. The van der Waals surface area contributed by atoms with Gasteiger partial charge < -0.3 is 4.57 Å². The summed E-state index contributed by atoms with van der Waals surface area (Å²) in [5, 5.41) is 8.80. The van der Waals surface area contributed by atoms with Crippen molar-refractivity contribution in [3.8, 4) is 6.07 Å². The van der Waals surface area contributed by atoms with Gasteiger partial charge in [-0.2, -0.15) is 5.26 Å². The van der Waals surface area contributed by atoms with Crippen LogP contribution < -0.4 is 5.56 Å². The normalized spacial score (nSPS) is 10.1. The number of nitriles is 1. The standard InChI is InChI=1S/C14H11BrN2O/c1-10-3-2-6-17(14(10)18)9-12-5-4-11(8-16)7-13(12)15/h2-7H,9H2,1H3. The van der Waals surface area contributed by atoms with Crippen molar-refractivity contribution >= 4 is 15.9 Å². The zero-order valence-electron chi connectivity index (χ0n) is 9.85. The molecule has 1 heterocycles. The van der Waals surface area contributed by atoms with Crippen molar-refractivity contribution in [2.24, 2.45) is 0 Å². The van der Waals surface area contributed by atoms with Gasteiger partial charge in [0.1, 0.15) is 0 Å². The molecule has 0 amide bonds. The zero-order chi connectivity index (χ0) is 13.1. The summed E-state index contributed by atoms with van der Waals surface area (Å²) in [4.78, 5) is 11.9. The second-order valence-electron chi connectivity index (χ2n) is 4.04. The third-order valence-electron chi connectivity index (χ3n) is 2.73. The summed E-state index contributed by atoms with van der Waals surface area (Å²) in [5.74, 6) is 0. The minimum atomic E-state index is 0.00811. The van der Waals surface area contributed by atoms with Crippen molar-refractivity contribution in [1.82, 2.24) is 4.57 Å². The van der Waals surface area contributed by atoms with Crippen LogP contribution in [-0.2, 0) is 6.54 Å². The molecule has 90 valence electrons. The molecule has 0 aliphatic heterocycles. The van der Waals surface area contributed by atoms with E-state index < -0.39 is 0 Å². The van der Waals surface area contributed by atoms with Crippen molar-refractivity contribution in [3.63, 3.8) is 0 Å². The first kappa shape index (κ1) is 12.6. The average Bonchev–Trinajstić information content (AvgIpc) is 2.37. The predicted molar refractivity (Wildman–Crippen MR) is 73.4 cm³/mol. The van der Waals surface area contributed by atoms with E-state index in [9.17, 15) is 4.79 Å². The average molecular weight is 303 g/mol. The molecule has 18 heavy (non-hydrogen) atoms. The molecule has 0 atom stereocenters. The summed E-state index contributed by atoms with van der Waals surface area (Å²) < 4.78 is 2.50. The van der Waals surface area contributed by atoms with Crippen molar-refractivity contribution in [3.05, 3.63) is 68.0 Å². The summed E-state index contributed by atoms with van der Waals surface area (Å²) >= 11 is 3.42. The van der Waals surface area contributed by atoms with Crippen molar-refractivity contribution < 1.29 is 0 Å². The molecule has 0 aliphatic carbocycles. The first-order valence-corrected chi connectivity index (χ1v) is 6.25. The number of aryl methyl sites for hydroxylation is 1.